The van der Waals surface area contributed by atoms with E-state index in [4.69, 9.17) is 4.84 Å². The number of oxime groups is 1. The lowest BCUT2D eigenvalue weighted by molar-refractivity contribution is -0.436. The minimum absolute atomic E-state index is 0.295. The first-order chi connectivity index (χ1) is 17.6. The first kappa shape index (κ1) is 27.8. The molecule has 7 nitrogen and oxygen atoms in total. The molecular formula is C23H22F7N4O3S+. The molecule has 4 rings (SSSR count). The molecule has 0 N–H and O–H groups in total. The molecule has 2 aromatic rings. The molecule has 2 aliphatic rings. The number of rotatable bonds is 6. The summed E-state index contributed by atoms with van der Waals surface area (Å²) in [7, 11) is -4.11. The Bertz CT molecular complexity index is 1410. The summed E-state index contributed by atoms with van der Waals surface area (Å²) in [6, 6.07) is -0.00706. The number of aromatic nitrogens is 1. The van der Waals surface area contributed by atoms with Crippen LogP contribution in [0.2, 0.25) is 0 Å². The Hall–Kier alpha value is -3.23. The number of likely N-dealkylation sites (tertiary alicyclic amines) is 1. The SMILES string of the molecule is C=[N+]([C@@H]1CN(C2=NOC(c3ncc(C)cc3-c3c(F)cc(F)cc3F)(C(F)F)C2)CC1(F)F)S(=O)(=O)CC. The zero-order valence-electron chi connectivity index (χ0n) is 20.1. The Morgan fingerprint density at radius 3 is 2.42 bits per heavy atom. The number of benzene rings is 1. The van der Waals surface area contributed by atoms with Gasteiger partial charge in [-0.2, -0.15) is 17.2 Å². The first-order valence-electron chi connectivity index (χ1n) is 11.2. The molecule has 1 saturated heterocycles. The molecule has 0 amide bonds. The van der Waals surface area contributed by atoms with Crippen LogP contribution in [-0.2, 0) is 20.5 Å². The minimum atomic E-state index is -4.11. The molecule has 1 aromatic carbocycles. The predicted octanol–water partition coefficient (Wildman–Crippen LogP) is 4.05. The van der Waals surface area contributed by atoms with E-state index in [0.717, 1.165) is 17.2 Å². The molecule has 2 atom stereocenters. The van der Waals surface area contributed by atoms with Gasteiger partial charge in [-0.05, 0) is 25.5 Å². The van der Waals surface area contributed by atoms with E-state index in [-0.39, 0.29) is 5.84 Å². The van der Waals surface area contributed by atoms with Gasteiger partial charge < -0.3 is 9.74 Å². The molecule has 38 heavy (non-hydrogen) atoms. The number of amidine groups is 1. The number of pyridine rings is 1. The van der Waals surface area contributed by atoms with Gasteiger partial charge in [0.2, 0.25) is 5.60 Å². The maximum absolute atomic E-state index is 14.8. The Morgan fingerprint density at radius 2 is 1.84 bits per heavy atom. The van der Waals surface area contributed by atoms with Crippen LogP contribution in [-0.4, -0.2) is 72.1 Å². The summed E-state index contributed by atoms with van der Waals surface area (Å²) in [4.78, 5) is 9.93. The fraction of sp³-hybridized carbons (Fsp3) is 0.435. The summed E-state index contributed by atoms with van der Waals surface area (Å²) < 4.78 is 126. The van der Waals surface area contributed by atoms with Crippen molar-refractivity contribution >= 4 is 22.6 Å². The Balaban J connectivity index is 1.73. The number of sulfonamides is 1. The lowest BCUT2D eigenvalue weighted by Crippen LogP contribution is -2.44. The van der Waals surface area contributed by atoms with Crippen molar-refractivity contribution in [2.45, 2.75) is 44.3 Å². The van der Waals surface area contributed by atoms with Gasteiger partial charge in [-0.1, -0.05) is 5.16 Å². The van der Waals surface area contributed by atoms with Crippen LogP contribution in [0.1, 0.15) is 24.6 Å². The standard InChI is InChI=1S/C23H22F7N4O3S/c1-4-38(35,36)33(3)17-10-34(11-23(17,29)30)18-8-22(21(27)28,37-32-18)20-14(5-12(2)9-31-20)19-15(25)6-13(24)7-16(19)26/h5-7,9,17,21H,3-4,8,10-11H2,1-2H3/q+1/t17-,22?/m1/s1. The van der Waals surface area contributed by atoms with Crippen molar-refractivity contribution in [1.29, 1.82) is 0 Å². The average molecular weight is 568 g/mol. The molecule has 0 saturated carbocycles. The highest BCUT2D eigenvalue weighted by molar-refractivity contribution is 7.85. The second-order valence-electron chi connectivity index (χ2n) is 9.06. The first-order valence-corrected chi connectivity index (χ1v) is 12.8. The van der Waals surface area contributed by atoms with Crippen molar-refractivity contribution in [2.75, 3.05) is 18.8 Å². The average Bonchev–Trinajstić information content (AvgIpc) is 3.40. The van der Waals surface area contributed by atoms with E-state index in [0.29, 0.717) is 21.7 Å². The molecule has 3 heterocycles. The molecule has 1 aromatic heterocycles. The van der Waals surface area contributed by atoms with Gasteiger partial charge in [-0.3, -0.25) is 4.98 Å². The van der Waals surface area contributed by atoms with Gasteiger partial charge in [0.05, 0.1) is 25.1 Å². The highest BCUT2D eigenvalue weighted by Gasteiger charge is 2.60. The van der Waals surface area contributed by atoms with Gasteiger partial charge >= 0.3 is 15.9 Å². The zero-order chi connectivity index (χ0) is 28.2. The van der Waals surface area contributed by atoms with Crippen molar-refractivity contribution in [3.63, 3.8) is 0 Å². The summed E-state index contributed by atoms with van der Waals surface area (Å²) in [6.45, 7) is 4.27. The van der Waals surface area contributed by atoms with Crippen molar-refractivity contribution in [1.82, 2.24) is 9.88 Å². The second-order valence-corrected chi connectivity index (χ2v) is 11.3. The highest BCUT2D eigenvalue weighted by atomic mass is 32.2. The number of nitrogens with zero attached hydrogens (tertiary/aromatic N) is 4. The fourth-order valence-corrected chi connectivity index (χ4v) is 5.41. The summed E-state index contributed by atoms with van der Waals surface area (Å²) >= 11 is 0. The number of hydrogen-bond acceptors (Lipinski definition) is 6. The van der Waals surface area contributed by atoms with Crippen LogP contribution >= 0.6 is 0 Å². The van der Waals surface area contributed by atoms with Gasteiger partial charge in [0, 0.05) is 23.9 Å². The van der Waals surface area contributed by atoms with Crippen LogP contribution < -0.4 is 0 Å². The minimum Gasteiger partial charge on any atom is -0.374 e. The Morgan fingerprint density at radius 1 is 1.21 bits per heavy atom. The summed E-state index contributed by atoms with van der Waals surface area (Å²) in [5.74, 6) is -8.46. The third-order valence-corrected chi connectivity index (χ3v) is 8.20. The van der Waals surface area contributed by atoms with Crippen LogP contribution in [0, 0.1) is 24.4 Å². The maximum atomic E-state index is 14.8. The second kappa shape index (κ2) is 9.50. The fourth-order valence-electron chi connectivity index (χ4n) is 4.47. The molecule has 0 aliphatic carbocycles. The third-order valence-electron chi connectivity index (χ3n) is 6.51. The van der Waals surface area contributed by atoms with Gasteiger partial charge in [-0.15, -0.1) is 3.98 Å². The number of halogens is 7. The molecule has 1 unspecified atom stereocenters. The zero-order valence-corrected chi connectivity index (χ0v) is 20.9. The van der Waals surface area contributed by atoms with E-state index in [1.807, 2.05) is 0 Å². The van der Waals surface area contributed by atoms with Gasteiger partial charge in [0.15, 0.2) is 0 Å². The van der Waals surface area contributed by atoms with E-state index in [1.54, 1.807) is 0 Å². The van der Waals surface area contributed by atoms with Crippen molar-refractivity contribution < 1.29 is 48.0 Å². The monoisotopic (exact) mass is 567 g/mol. The molecule has 1 fully saturated rings. The Labute approximate surface area is 213 Å². The van der Waals surface area contributed by atoms with E-state index < -0.39 is 93.5 Å². The van der Waals surface area contributed by atoms with Gasteiger partial charge in [-0.25, -0.2) is 22.0 Å². The van der Waals surface area contributed by atoms with E-state index in [2.05, 4.69) is 16.9 Å². The van der Waals surface area contributed by atoms with Crippen LogP contribution in [0.3, 0.4) is 0 Å². The summed E-state index contributed by atoms with van der Waals surface area (Å²) in [5, 5.41) is 3.58. The molecule has 0 bridgehead atoms. The van der Waals surface area contributed by atoms with E-state index in [9.17, 15) is 39.2 Å². The molecule has 0 spiro atoms. The molecule has 0 radical (unpaired) electrons. The summed E-state index contributed by atoms with van der Waals surface area (Å²) in [5.41, 5.74) is -4.35. The lowest BCUT2D eigenvalue weighted by Gasteiger charge is -2.28. The van der Waals surface area contributed by atoms with Crippen LogP contribution in [0.5, 0.6) is 0 Å². The third kappa shape index (κ3) is 4.60. The maximum Gasteiger partial charge on any atom is 0.364 e. The normalized spacial score (nSPS) is 23.1. The molecule has 15 heteroatoms. The lowest BCUT2D eigenvalue weighted by atomic mass is 9.88. The predicted molar refractivity (Wildman–Crippen MR) is 122 cm³/mol. The number of hydrogen-bond donors (Lipinski definition) is 0. The topological polar surface area (TPSA) is 74.9 Å². The van der Waals surface area contributed by atoms with E-state index >= 15 is 0 Å². The largest absolute Gasteiger partial charge is 0.374 e. The smallest absolute Gasteiger partial charge is 0.364 e. The van der Waals surface area contributed by atoms with Gasteiger partial charge in [0.1, 0.15) is 41.5 Å². The van der Waals surface area contributed by atoms with Crippen molar-refractivity contribution in [3.05, 3.63) is 53.1 Å². The quantitative estimate of drug-likeness (QED) is 0.299. The van der Waals surface area contributed by atoms with Crippen LogP contribution in [0.4, 0.5) is 30.7 Å². The molecular weight excluding hydrogens is 545 g/mol. The molecule has 206 valence electrons. The van der Waals surface area contributed by atoms with Crippen LogP contribution in [0.15, 0.2) is 29.6 Å². The Kier molecular flexibility index (Phi) is 6.95. The van der Waals surface area contributed by atoms with Crippen molar-refractivity contribution in [3.8, 4) is 11.1 Å². The van der Waals surface area contributed by atoms with Gasteiger partial charge in [0.25, 0.3) is 12.5 Å². The molecule has 2 aliphatic heterocycles. The highest BCUT2D eigenvalue weighted by Crippen LogP contribution is 2.46. The number of aryl methyl sites for hydroxylation is 1. The van der Waals surface area contributed by atoms with Crippen LogP contribution in [0.25, 0.3) is 11.1 Å². The van der Waals surface area contributed by atoms with E-state index in [1.165, 1.54) is 13.8 Å². The number of alkyl halides is 4. The summed E-state index contributed by atoms with van der Waals surface area (Å²) in [6.07, 6.45) is -3.11. The van der Waals surface area contributed by atoms with Crippen molar-refractivity contribution in [2.24, 2.45) is 5.16 Å².